The largest absolute Gasteiger partial charge is 0.368 e. The Kier molecular flexibility index (Phi) is 4.56. The molecule has 6 heteroatoms. The molecule has 1 fully saturated rings. The molecule has 0 N–H and O–H groups in total. The number of rotatable bonds is 3. The lowest BCUT2D eigenvalue weighted by Crippen LogP contribution is -2.47. The van der Waals surface area contributed by atoms with E-state index in [-0.39, 0.29) is 11.7 Å². The van der Waals surface area contributed by atoms with Crippen LogP contribution in [0.15, 0.2) is 54.0 Å². The monoisotopic (exact) mass is 390 g/mol. The Bertz CT molecular complexity index is 965. The second-order valence-electron chi connectivity index (χ2n) is 7.38. The van der Waals surface area contributed by atoms with Gasteiger partial charge in [0.2, 0.25) is 5.95 Å². The minimum atomic E-state index is 0.167. The van der Waals surface area contributed by atoms with Crippen molar-refractivity contribution in [1.82, 2.24) is 9.97 Å². The SMILES string of the molecule is O=C1C[C@@H](c2cccs2)Cc2nc(N3CCN(c4ccccc4)CC3)ncc21. The molecule has 5 nitrogen and oxygen atoms in total. The van der Waals surface area contributed by atoms with Crippen LogP contribution in [-0.4, -0.2) is 41.9 Å². The van der Waals surface area contributed by atoms with Crippen LogP contribution in [0.5, 0.6) is 0 Å². The van der Waals surface area contributed by atoms with Gasteiger partial charge in [0, 0.05) is 55.3 Å². The molecular weight excluding hydrogens is 368 g/mol. The molecule has 3 aromatic rings. The number of anilines is 2. The average Bonchev–Trinajstić information content (AvgIpc) is 3.29. The number of piperazine rings is 1. The van der Waals surface area contributed by atoms with Crippen molar-refractivity contribution in [2.24, 2.45) is 0 Å². The van der Waals surface area contributed by atoms with Gasteiger partial charge >= 0.3 is 0 Å². The maximum absolute atomic E-state index is 12.6. The molecule has 1 aromatic carbocycles. The maximum Gasteiger partial charge on any atom is 0.225 e. The molecule has 3 heterocycles. The van der Waals surface area contributed by atoms with Gasteiger partial charge < -0.3 is 9.80 Å². The predicted molar refractivity (Wildman–Crippen MR) is 113 cm³/mol. The van der Waals surface area contributed by atoms with Crippen molar-refractivity contribution < 1.29 is 4.79 Å². The number of carbonyl (C=O) groups is 1. The van der Waals surface area contributed by atoms with Crippen molar-refractivity contribution in [3.8, 4) is 0 Å². The first-order valence-corrected chi connectivity index (χ1v) is 10.6. The highest BCUT2D eigenvalue weighted by Crippen LogP contribution is 2.34. The van der Waals surface area contributed by atoms with E-state index < -0.39 is 0 Å². The van der Waals surface area contributed by atoms with Crippen LogP contribution in [0.25, 0.3) is 0 Å². The van der Waals surface area contributed by atoms with Crippen molar-refractivity contribution >= 4 is 28.8 Å². The minimum Gasteiger partial charge on any atom is -0.368 e. The number of fused-ring (bicyclic) bond motifs is 1. The molecule has 2 aliphatic rings. The quantitative estimate of drug-likeness (QED) is 0.681. The smallest absolute Gasteiger partial charge is 0.225 e. The van der Waals surface area contributed by atoms with E-state index in [4.69, 9.17) is 4.98 Å². The molecule has 0 radical (unpaired) electrons. The summed E-state index contributed by atoms with van der Waals surface area (Å²) in [4.78, 5) is 27.8. The molecule has 142 valence electrons. The van der Waals surface area contributed by atoms with E-state index in [1.165, 1.54) is 10.6 Å². The number of carbonyl (C=O) groups excluding carboxylic acids is 1. The zero-order valence-corrected chi connectivity index (χ0v) is 16.4. The van der Waals surface area contributed by atoms with E-state index in [1.54, 1.807) is 17.5 Å². The Morgan fingerprint density at radius 3 is 2.46 bits per heavy atom. The van der Waals surface area contributed by atoms with Gasteiger partial charge in [-0.05, 0) is 30.0 Å². The fraction of sp³-hybridized carbons (Fsp3) is 0.318. The Morgan fingerprint density at radius 2 is 1.71 bits per heavy atom. The first-order valence-electron chi connectivity index (χ1n) is 9.75. The lowest BCUT2D eigenvalue weighted by atomic mass is 9.86. The van der Waals surface area contributed by atoms with Crippen LogP contribution in [0.3, 0.4) is 0 Å². The summed E-state index contributed by atoms with van der Waals surface area (Å²) in [6, 6.07) is 14.7. The summed E-state index contributed by atoms with van der Waals surface area (Å²) in [7, 11) is 0. The van der Waals surface area contributed by atoms with E-state index in [1.807, 2.05) is 6.07 Å². The Morgan fingerprint density at radius 1 is 0.929 bits per heavy atom. The summed E-state index contributed by atoms with van der Waals surface area (Å²) in [5.74, 6) is 1.17. The van der Waals surface area contributed by atoms with Crippen molar-refractivity contribution in [1.29, 1.82) is 0 Å². The van der Waals surface area contributed by atoms with Gasteiger partial charge in [-0.1, -0.05) is 24.3 Å². The van der Waals surface area contributed by atoms with Gasteiger partial charge in [-0.2, -0.15) is 0 Å². The van der Waals surface area contributed by atoms with Crippen LogP contribution in [0, 0.1) is 0 Å². The number of benzene rings is 1. The molecule has 0 amide bonds. The first kappa shape index (κ1) is 17.4. The van der Waals surface area contributed by atoms with Gasteiger partial charge in [-0.15, -0.1) is 11.3 Å². The third-order valence-electron chi connectivity index (χ3n) is 5.66. The van der Waals surface area contributed by atoms with Gasteiger partial charge in [0.05, 0.1) is 11.3 Å². The molecule has 2 aromatic heterocycles. The molecule has 0 spiro atoms. The summed E-state index contributed by atoms with van der Waals surface area (Å²) in [6.45, 7) is 3.66. The van der Waals surface area contributed by atoms with E-state index >= 15 is 0 Å². The molecule has 1 saturated heterocycles. The van der Waals surface area contributed by atoms with Crippen LogP contribution in [-0.2, 0) is 6.42 Å². The van der Waals surface area contributed by atoms with Gasteiger partial charge in [-0.3, -0.25) is 4.79 Å². The normalized spacial score (nSPS) is 19.6. The van der Waals surface area contributed by atoms with Crippen molar-refractivity contribution in [3.63, 3.8) is 0 Å². The van der Waals surface area contributed by atoms with E-state index in [2.05, 4.69) is 56.6 Å². The highest BCUT2D eigenvalue weighted by Gasteiger charge is 2.29. The molecule has 1 atom stereocenters. The second-order valence-corrected chi connectivity index (χ2v) is 8.36. The van der Waals surface area contributed by atoms with Crippen molar-refractivity contribution in [2.45, 2.75) is 18.8 Å². The van der Waals surface area contributed by atoms with Crippen LogP contribution in [0.2, 0.25) is 0 Å². The summed E-state index contributed by atoms with van der Waals surface area (Å²) < 4.78 is 0. The number of thiophene rings is 1. The fourth-order valence-corrected chi connectivity index (χ4v) is 4.95. The van der Waals surface area contributed by atoms with Crippen LogP contribution >= 0.6 is 11.3 Å². The average molecular weight is 391 g/mol. The molecule has 1 aliphatic carbocycles. The van der Waals surface area contributed by atoms with Gasteiger partial charge in [0.25, 0.3) is 0 Å². The van der Waals surface area contributed by atoms with Gasteiger partial charge in [0.1, 0.15) is 0 Å². The van der Waals surface area contributed by atoms with Crippen LogP contribution in [0.1, 0.15) is 33.3 Å². The molecule has 0 bridgehead atoms. The third kappa shape index (κ3) is 3.29. The summed E-state index contributed by atoms with van der Waals surface area (Å²) in [5.41, 5.74) is 2.88. The Hall–Kier alpha value is -2.73. The first-order chi connectivity index (χ1) is 13.8. The summed E-state index contributed by atoms with van der Waals surface area (Å²) in [6.07, 6.45) is 3.13. The molecule has 0 saturated carbocycles. The molecule has 5 rings (SSSR count). The Balaban J connectivity index is 1.33. The number of ketones is 1. The number of Topliss-reactive ketones (excluding diaryl/α,β-unsaturated/α-hetero) is 1. The number of hydrogen-bond donors (Lipinski definition) is 0. The van der Waals surface area contributed by atoms with Crippen molar-refractivity contribution in [3.05, 3.63) is 70.2 Å². The lowest BCUT2D eigenvalue weighted by molar-refractivity contribution is 0.0963. The lowest BCUT2D eigenvalue weighted by Gasteiger charge is -2.36. The highest BCUT2D eigenvalue weighted by molar-refractivity contribution is 7.10. The third-order valence-corrected chi connectivity index (χ3v) is 6.69. The summed E-state index contributed by atoms with van der Waals surface area (Å²) >= 11 is 1.72. The zero-order valence-electron chi connectivity index (χ0n) is 15.6. The number of para-hydroxylation sites is 1. The fourth-order valence-electron chi connectivity index (χ4n) is 4.12. The van der Waals surface area contributed by atoms with E-state index in [9.17, 15) is 4.79 Å². The number of aromatic nitrogens is 2. The van der Waals surface area contributed by atoms with Crippen LogP contribution in [0.4, 0.5) is 11.6 Å². The standard InChI is InChI=1S/C22H22N4OS/c27-20-14-16(21-7-4-12-28-21)13-19-18(20)15-23-22(24-19)26-10-8-25(9-11-26)17-5-2-1-3-6-17/h1-7,12,15-16H,8-11,13-14H2/t16-/m0/s1. The highest BCUT2D eigenvalue weighted by atomic mass is 32.1. The zero-order chi connectivity index (χ0) is 18.9. The minimum absolute atomic E-state index is 0.167. The van der Waals surface area contributed by atoms with Gasteiger partial charge in [0.15, 0.2) is 5.78 Å². The summed E-state index contributed by atoms with van der Waals surface area (Å²) in [5, 5.41) is 2.08. The Labute approximate surface area is 168 Å². The topological polar surface area (TPSA) is 49.3 Å². The molecule has 0 unspecified atom stereocenters. The van der Waals surface area contributed by atoms with Gasteiger partial charge in [-0.25, -0.2) is 9.97 Å². The van der Waals surface area contributed by atoms with E-state index in [0.717, 1.165) is 44.2 Å². The number of hydrogen-bond acceptors (Lipinski definition) is 6. The number of nitrogens with zero attached hydrogens (tertiary/aromatic N) is 4. The molecular formula is C22H22N4OS. The van der Waals surface area contributed by atoms with E-state index in [0.29, 0.717) is 12.0 Å². The van der Waals surface area contributed by atoms with Crippen LogP contribution < -0.4 is 9.80 Å². The maximum atomic E-state index is 12.6. The molecule has 28 heavy (non-hydrogen) atoms. The predicted octanol–water partition coefficient (Wildman–Crippen LogP) is 3.78. The van der Waals surface area contributed by atoms with Crippen molar-refractivity contribution in [2.75, 3.05) is 36.0 Å². The second kappa shape index (κ2) is 7.36. The molecule has 1 aliphatic heterocycles.